The van der Waals surface area contributed by atoms with Gasteiger partial charge in [0.15, 0.2) is 5.82 Å². The van der Waals surface area contributed by atoms with Crippen LogP contribution in [-0.2, 0) is 11.8 Å². The number of nitrogens with one attached hydrogen (secondary N) is 2. The van der Waals surface area contributed by atoms with Crippen LogP contribution in [0.5, 0.6) is 0 Å². The van der Waals surface area contributed by atoms with Crippen molar-refractivity contribution in [3.63, 3.8) is 0 Å². The summed E-state index contributed by atoms with van der Waals surface area (Å²) in [6, 6.07) is 8.43. The number of carbonyl (C=O) groups excluding carboxylic acids is 2. The second-order valence-corrected chi connectivity index (χ2v) is 6.33. The van der Waals surface area contributed by atoms with E-state index in [1.54, 1.807) is 30.1 Å². The molecule has 0 bridgehead atoms. The molecule has 2 rings (SSSR count). The van der Waals surface area contributed by atoms with Crippen LogP contribution in [0.1, 0.15) is 36.2 Å². The molecule has 6 heteroatoms. The molecular formula is C18H24N4O2. The SMILES string of the molecule is Cc1ccccc1C(=O)NC(CC(C)C)C(=O)Nc1ccn(C)n1. The maximum Gasteiger partial charge on any atom is 0.252 e. The van der Waals surface area contributed by atoms with Crippen molar-refractivity contribution in [3.05, 3.63) is 47.7 Å². The standard InChI is InChI=1S/C18H24N4O2/c1-12(2)11-15(18(24)20-16-9-10-22(4)21-16)19-17(23)14-8-6-5-7-13(14)3/h5-10,12,15H,11H2,1-4H3,(H,19,23)(H,20,21,24). The molecule has 1 heterocycles. The lowest BCUT2D eigenvalue weighted by Gasteiger charge is -2.20. The summed E-state index contributed by atoms with van der Waals surface area (Å²) >= 11 is 0. The Kier molecular flexibility index (Phi) is 5.73. The Balaban J connectivity index is 2.11. The van der Waals surface area contributed by atoms with Crippen LogP contribution in [0.25, 0.3) is 0 Å². The molecule has 6 nitrogen and oxygen atoms in total. The summed E-state index contributed by atoms with van der Waals surface area (Å²) in [4.78, 5) is 25.0. The molecule has 0 aliphatic carbocycles. The summed E-state index contributed by atoms with van der Waals surface area (Å²) in [6.45, 7) is 5.91. The predicted octanol–water partition coefficient (Wildman–Crippen LogP) is 2.51. The van der Waals surface area contributed by atoms with Crippen LogP contribution in [0.3, 0.4) is 0 Å². The minimum Gasteiger partial charge on any atom is -0.340 e. The first-order chi connectivity index (χ1) is 11.4. The van der Waals surface area contributed by atoms with Crippen LogP contribution in [0.4, 0.5) is 5.82 Å². The molecule has 2 aromatic rings. The summed E-state index contributed by atoms with van der Waals surface area (Å²) in [6.07, 6.45) is 2.30. The van der Waals surface area contributed by atoms with Gasteiger partial charge in [0.1, 0.15) is 6.04 Å². The first kappa shape index (κ1) is 17.7. The first-order valence-electron chi connectivity index (χ1n) is 8.04. The quantitative estimate of drug-likeness (QED) is 0.855. The summed E-state index contributed by atoms with van der Waals surface area (Å²) in [5.41, 5.74) is 1.46. The molecule has 1 aromatic heterocycles. The Hall–Kier alpha value is -2.63. The van der Waals surface area contributed by atoms with Crippen LogP contribution in [-0.4, -0.2) is 27.6 Å². The number of carbonyl (C=O) groups is 2. The molecule has 0 spiro atoms. The minimum absolute atomic E-state index is 0.241. The van der Waals surface area contributed by atoms with Gasteiger partial charge in [-0.2, -0.15) is 5.10 Å². The number of benzene rings is 1. The van der Waals surface area contributed by atoms with E-state index in [-0.39, 0.29) is 17.7 Å². The number of rotatable bonds is 6. The van der Waals surface area contributed by atoms with Crippen molar-refractivity contribution in [2.45, 2.75) is 33.2 Å². The van der Waals surface area contributed by atoms with Crippen LogP contribution in [0.2, 0.25) is 0 Å². The van der Waals surface area contributed by atoms with Gasteiger partial charge in [-0.15, -0.1) is 0 Å². The van der Waals surface area contributed by atoms with Gasteiger partial charge >= 0.3 is 0 Å². The van der Waals surface area contributed by atoms with Crippen molar-refractivity contribution in [1.29, 1.82) is 0 Å². The van der Waals surface area contributed by atoms with Crippen molar-refractivity contribution < 1.29 is 9.59 Å². The lowest BCUT2D eigenvalue weighted by Crippen LogP contribution is -2.44. The Labute approximate surface area is 142 Å². The fourth-order valence-corrected chi connectivity index (χ4v) is 2.46. The second-order valence-electron chi connectivity index (χ2n) is 6.33. The van der Waals surface area contributed by atoms with E-state index in [0.717, 1.165) is 5.56 Å². The van der Waals surface area contributed by atoms with E-state index < -0.39 is 6.04 Å². The molecule has 128 valence electrons. The van der Waals surface area contributed by atoms with Gasteiger partial charge in [-0.05, 0) is 30.9 Å². The molecule has 24 heavy (non-hydrogen) atoms. The molecule has 1 aromatic carbocycles. The van der Waals surface area contributed by atoms with Gasteiger partial charge in [0.2, 0.25) is 5.91 Å². The summed E-state index contributed by atoms with van der Waals surface area (Å²) < 4.78 is 1.61. The van der Waals surface area contributed by atoms with Crippen LogP contribution in [0.15, 0.2) is 36.5 Å². The normalized spacial score (nSPS) is 12.0. The van der Waals surface area contributed by atoms with E-state index in [9.17, 15) is 9.59 Å². The largest absolute Gasteiger partial charge is 0.340 e. The Morgan fingerprint density at radius 2 is 1.92 bits per heavy atom. The molecular weight excluding hydrogens is 304 g/mol. The first-order valence-corrected chi connectivity index (χ1v) is 8.04. The molecule has 0 saturated heterocycles. The van der Waals surface area contributed by atoms with Crippen LogP contribution < -0.4 is 10.6 Å². The number of aryl methyl sites for hydroxylation is 2. The van der Waals surface area contributed by atoms with Crippen molar-refractivity contribution >= 4 is 17.6 Å². The summed E-state index contributed by atoms with van der Waals surface area (Å²) in [5.74, 6) is 0.238. The van der Waals surface area contributed by atoms with Crippen molar-refractivity contribution in [2.24, 2.45) is 13.0 Å². The molecule has 1 atom stereocenters. The van der Waals surface area contributed by atoms with Crippen LogP contribution in [0, 0.1) is 12.8 Å². The third kappa shape index (κ3) is 4.68. The fraction of sp³-hybridized carbons (Fsp3) is 0.389. The number of nitrogens with zero attached hydrogens (tertiary/aromatic N) is 2. The van der Waals surface area contributed by atoms with E-state index in [1.807, 2.05) is 39.0 Å². The molecule has 1 unspecified atom stereocenters. The lowest BCUT2D eigenvalue weighted by molar-refractivity contribution is -0.118. The van der Waals surface area contributed by atoms with E-state index in [1.165, 1.54) is 0 Å². The number of hydrogen-bond donors (Lipinski definition) is 2. The van der Waals surface area contributed by atoms with Gasteiger partial charge in [0.25, 0.3) is 5.91 Å². The van der Waals surface area contributed by atoms with E-state index in [2.05, 4.69) is 15.7 Å². The number of amides is 2. The number of hydrogen-bond acceptors (Lipinski definition) is 3. The van der Waals surface area contributed by atoms with Crippen molar-refractivity contribution in [3.8, 4) is 0 Å². The Morgan fingerprint density at radius 1 is 1.21 bits per heavy atom. The van der Waals surface area contributed by atoms with Gasteiger partial charge in [-0.3, -0.25) is 14.3 Å². The van der Waals surface area contributed by atoms with Gasteiger partial charge in [-0.1, -0.05) is 32.0 Å². The highest BCUT2D eigenvalue weighted by atomic mass is 16.2. The van der Waals surface area contributed by atoms with E-state index in [4.69, 9.17) is 0 Å². The van der Waals surface area contributed by atoms with Crippen LogP contribution >= 0.6 is 0 Å². The second kappa shape index (κ2) is 7.77. The zero-order valence-corrected chi connectivity index (χ0v) is 14.5. The molecule has 2 N–H and O–H groups in total. The third-order valence-corrected chi connectivity index (χ3v) is 3.68. The van der Waals surface area contributed by atoms with Gasteiger partial charge in [0.05, 0.1) is 0 Å². The smallest absolute Gasteiger partial charge is 0.252 e. The molecule has 2 amide bonds. The topological polar surface area (TPSA) is 76.0 Å². The van der Waals surface area contributed by atoms with Gasteiger partial charge in [0, 0.05) is 24.9 Å². The molecule has 0 aliphatic heterocycles. The fourth-order valence-electron chi connectivity index (χ4n) is 2.46. The number of aromatic nitrogens is 2. The average molecular weight is 328 g/mol. The highest BCUT2D eigenvalue weighted by Gasteiger charge is 2.23. The van der Waals surface area contributed by atoms with Gasteiger partial charge in [-0.25, -0.2) is 0 Å². The van der Waals surface area contributed by atoms with Crippen molar-refractivity contribution in [2.75, 3.05) is 5.32 Å². The molecule has 0 saturated carbocycles. The lowest BCUT2D eigenvalue weighted by atomic mass is 10.0. The summed E-state index contributed by atoms with van der Waals surface area (Å²) in [5, 5.41) is 9.74. The van der Waals surface area contributed by atoms with Crippen molar-refractivity contribution in [1.82, 2.24) is 15.1 Å². The summed E-state index contributed by atoms with van der Waals surface area (Å²) in [7, 11) is 1.78. The maximum absolute atomic E-state index is 12.5. The highest BCUT2D eigenvalue weighted by Crippen LogP contribution is 2.11. The molecule has 0 aliphatic rings. The third-order valence-electron chi connectivity index (χ3n) is 3.68. The number of anilines is 1. The zero-order chi connectivity index (χ0) is 17.7. The van der Waals surface area contributed by atoms with E-state index >= 15 is 0 Å². The monoisotopic (exact) mass is 328 g/mol. The highest BCUT2D eigenvalue weighted by molar-refractivity contribution is 6.01. The molecule has 0 fully saturated rings. The Bertz CT molecular complexity index is 721. The molecule has 0 radical (unpaired) electrons. The van der Waals surface area contributed by atoms with E-state index in [0.29, 0.717) is 17.8 Å². The zero-order valence-electron chi connectivity index (χ0n) is 14.5. The minimum atomic E-state index is -0.612. The average Bonchev–Trinajstić information content (AvgIpc) is 2.91. The maximum atomic E-state index is 12.5. The predicted molar refractivity (Wildman–Crippen MR) is 93.7 cm³/mol. The Morgan fingerprint density at radius 3 is 2.50 bits per heavy atom. The van der Waals surface area contributed by atoms with Gasteiger partial charge < -0.3 is 10.6 Å².